The van der Waals surface area contributed by atoms with E-state index in [1.54, 1.807) is 23.1 Å². The average Bonchev–Trinajstić information content (AvgIpc) is 2.75. The fourth-order valence-corrected chi connectivity index (χ4v) is 4.35. The SMILES string of the molecule is CCCCNC(=O)[C@@H](CC)N(Cc1c(Cl)cccc1Cl)C(=O)CSc1ccccc1. The summed E-state index contributed by atoms with van der Waals surface area (Å²) in [4.78, 5) is 28.7. The minimum Gasteiger partial charge on any atom is -0.354 e. The molecule has 1 N–H and O–H groups in total. The van der Waals surface area contributed by atoms with Crippen molar-refractivity contribution in [3.8, 4) is 0 Å². The van der Waals surface area contributed by atoms with Crippen LogP contribution < -0.4 is 5.32 Å². The Bertz CT molecular complexity index is 813. The van der Waals surface area contributed by atoms with Crippen LogP contribution in [0.15, 0.2) is 53.4 Å². The molecule has 162 valence electrons. The first-order chi connectivity index (χ1) is 14.5. The number of benzene rings is 2. The lowest BCUT2D eigenvalue weighted by Crippen LogP contribution is -2.49. The van der Waals surface area contributed by atoms with Crippen molar-refractivity contribution in [3.05, 3.63) is 64.1 Å². The van der Waals surface area contributed by atoms with E-state index in [2.05, 4.69) is 12.2 Å². The number of thioether (sulfide) groups is 1. The molecule has 0 aromatic heterocycles. The maximum Gasteiger partial charge on any atom is 0.242 e. The van der Waals surface area contributed by atoms with E-state index < -0.39 is 6.04 Å². The molecule has 0 radical (unpaired) electrons. The molecule has 0 spiro atoms. The molecule has 0 saturated carbocycles. The van der Waals surface area contributed by atoms with E-state index in [-0.39, 0.29) is 24.1 Å². The molecule has 30 heavy (non-hydrogen) atoms. The zero-order valence-corrected chi connectivity index (χ0v) is 19.7. The summed E-state index contributed by atoms with van der Waals surface area (Å²) in [6.07, 6.45) is 2.39. The van der Waals surface area contributed by atoms with Crippen molar-refractivity contribution < 1.29 is 9.59 Å². The molecule has 0 bridgehead atoms. The Hall–Kier alpha value is -1.69. The van der Waals surface area contributed by atoms with E-state index in [0.717, 1.165) is 17.7 Å². The van der Waals surface area contributed by atoms with Crippen LogP contribution in [0.4, 0.5) is 0 Å². The molecule has 0 fully saturated rings. The van der Waals surface area contributed by atoms with Crippen LogP contribution in [0.5, 0.6) is 0 Å². The number of nitrogens with zero attached hydrogens (tertiary/aromatic N) is 1. The van der Waals surface area contributed by atoms with Crippen LogP contribution in [-0.2, 0) is 16.1 Å². The van der Waals surface area contributed by atoms with Crippen LogP contribution >= 0.6 is 35.0 Å². The number of hydrogen-bond donors (Lipinski definition) is 1. The smallest absolute Gasteiger partial charge is 0.242 e. The highest BCUT2D eigenvalue weighted by Gasteiger charge is 2.29. The van der Waals surface area contributed by atoms with E-state index in [4.69, 9.17) is 23.2 Å². The molecule has 0 aliphatic rings. The molecule has 0 aliphatic carbocycles. The normalized spacial score (nSPS) is 11.7. The molecule has 2 aromatic carbocycles. The van der Waals surface area contributed by atoms with Crippen LogP contribution in [0.3, 0.4) is 0 Å². The summed E-state index contributed by atoms with van der Waals surface area (Å²) in [6.45, 7) is 4.76. The van der Waals surface area contributed by atoms with Gasteiger partial charge < -0.3 is 10.2 Å². The highest BCUT2D eigenvalue weighted by Crippen LogP contribution is 2.28. The van der Waals surface area contributed by atoms with Crippen molar-refractivity contribution in [2.75, 3.05) is 12.3 Å². The second kappa shape index (κ2) is 12.9. The van der Waals surface area contributed by atoms with Gasteiger partial charge in [0.2, 0.25) is 11.8 Å². The summed E-state index contributed by atoms with van der Waals surface area (Å²) in [6, 6.07) is 14.4. The second-order valence-electron chi connectivity index (χ2n) is 6.89. The molecule has 0 aliphatic heterocycles. The van der Waals surface area contributed by atoms with E-state index in [1.165, 1.54) is 11.8 Å². The lowest BCUT2D eigenvalue weighted by molar-refractivity contribution is -0.139. The number of rotatable bonds is 11. The van der Waals surface area contributed by atoms with Gasteiger partial charge >= 0.3 is 0 Å². The van der Waals surface area contributed by atoms with Gasteiger partial charge in [0.1, 0.15) is 6.04 Å². The number of hydrogen-bond acceptors (Lipinski definition) is 3. The number of halogens is 2. The van der Waals surface area contributed by atoms with Gasteiger partial charge in [-0.3, -0.25) is 9.59 Å². The van der Waals surface area contributed by atoms with E-state index in [0.29, 0.717) is 28.6 Å². The molecule has 1 atom stereocenters. The van der Waals surface area contributed by atoms with Crippen LogP contribution in [0.2, 0.25) is 10.0 Å². The Morgan fingerprint density at radius 1 is 1.03 bits per heavy atom. The van der Waals surface area contributed by atoms with E-state index in [1.807, 2.05) is 37.3 Å². The molecule has 0 heterocycles. The first-order valence-corrected chi connectivity index (χ1v) is 11.9. The maximum absolute atomic E-state index is 13.2. The van der Waals surface area contributed by atoms with E-state index >= 15 is 0 Å². The quantitative estimate of drug-likeness (QED) is 0.335. The number of amides is 2. The Labute approximate surface area is 193 Å². The summed E-state index contributed by atoms with van der Waals surface area (Å²) in [5.41, 5.74) is 0.652. The summed E-state index contributed by atoms with van der Waals surface area (Å²) >= 11 is 14.2. The zero-order valence-electron chi connectivity index (χ0n) is 17.4. The van der Waals surface area contributed by atoms with Gasteiger partial charge in [0.25, 0.3) is 0 Å². The van der Waals surface area contributed by atoms with Gasteiger partial charge in [-0.2, -0.15) is 0 Å². The molecular formula is C23H28Cl2N2O2S. The Morgan fingerprint density at radius 3 is 2.30 bits per heavy atom. The topological polar surface area (TPSA) is 49.4 Å². The van der Waals surface area contributed by atoms with Gasteiger partial charge in [-0.05, 0) is 37.1 Å². The summed E-state index contributed by atoms with van der Waals surface area (Å²) in [5, 5.41) is 3.92. The third-order valence-electron chi connectivity index (χ3n) is 4.71. The van der Waals surface area contributed by atoms with Gasteiger partial charge in [0, 0.05) is 33.6 Å². The van der Waals surface area contributed by atoms with Crippen molar-refractivity contribution in [1.29, 1.82) is 0 Å². The molecule has 0 saturated heterocycles. The van der Waals surface area contributed by atoms with Gasteiger partial charge in [-0.15, -0.1) is 11.8 Å². The highest BCUT2D eigenvalue weighted by molar-refractivity contribution is 8.00. The Morgan fingerprint density at radius 2 is 1.70 bits per heavy atom. The predicted molar refractivity (Wildman–Crippen MR) is 126 cm³/mol. The molecule has 2 amide bonds. The zero-order chi connectivity index (χ0) is 21.9. The van der Waals surface area contributed by atoms with Gasteiger partial charge in [-0.1, -0.05) is 67.7 Å². The summed E-state index contributed by atoms with van der Waals surface area (Å²) < 4.78 is 0. The van der Waals surface area contributed by atoms with Gasteiger partial charge in [-0.25, -0.2) is 0 Å². The molecule has 2 aromatic rings. The summed E-state index contributed by atoms with van der Waals surface area (Å²) in [5.74, 6) is -0.0466. The van der Waals surface area contributed by atoms with Gasteiger partial charge in [0.15, 0.2) is 0 Å². The van der Waals surface area contributed by atoms with Crippen LogP contribution in [0.1, 0.15) is 38.7 Å². The predicted octanol–water partition coefficient (Wildman–Crippen LogP) is 5.81. The van der Waals surface area contributed by atoms with Crippen molar-refractivity contribution >= 4 is 46.8 Å². The Balaban J connectivity index is 2.23. The second-order valence-corrected chi connectivity index (χ2v) is 8.76. The largest absolute Gasteiger partial charge is 0.354 e. The molecular weight excluding hydrogens is 439 g/mol. The van der Waals surface area contributed by atoms with Crippen molar-refractivity contribution in [1.82, 2.24) is 10.2 Å². The molecule has 4 nitrogen and oxygen atoms in total. The third kappa shape index (κ3) is 7.22. The maximum atomic E-state index is 13.2. The summed E-state index contributed by atoms with van der Waals surface area (Å²) in [7, 11) is 0. The lowest BCUT2D eigenvalue weighted by atomic mass is 10.1. The minimum atomic E-state index is -0.585. The van der Waals surface area contributed by atoms with Crippen LogP contribution in [-0.4, -0.2) is 35.1 Å². The third-order valence-corrected chi connectivity index (χ3v) is 6.42. The number of carbonyl (C=O) groups excluding carboxylic acids is 2. The standard InChI is InChI=1S/C23H28Cl2N2O2S/c1-3-5-14-26-23(29)21(4-2)27(15-18-19(24)12-9-13-20(18)25)22(28)16-30-17-10-7-6-8-11-17/h6-13,21H,3-5,14-16H2,1-2H3,(H,26,29)/t21-/m1/s1. The lowest BCUT2D eigenvalue weighted by Gasteiger charge is -2.31. The number of unbranched alkanes of at least 4 members (excludes halogenated alkanes) is 1. The fraction of sp³-hybridized carbons (Fsp3) is 0.391. The number of nitrogens with one attached hydrogen (secondary N) is 1. The van der Waals surface area contributed by atoms with Crippen molar-refractivity contribution in [3.63, 3.8) is 0 Å². The average molecular weight is 467 g/mol. The first kappa shape index (κ1) is 24.6. The van der Waals surface area contributed by atoms with Gasteiger partial charge in [0.05, 0.1) is 5.75 Å². The molecule has 2 rings (SSSR count). The Kier molecular flexibility index (Phi) is 10.6. The van der Waals surface area contributed by atoms with Crippen LogP contribution in [0.25, 0.3) is 0 Å². The van der Waals surface area contributed by atoms with Crippen LogP contribution in [0, 0.1) is 0 Å². The monoisotopic (exact) mass is 466 g/mol. The minimum absolute atomic E-state index is 0.127. The fourth-order valence-electron chi connectivity index (χ4n) is 3.02. The highest BCUT2D eigenvalue weighted by atomic mass is 35.5. The molecule has 7 heteroatoms. The van der Waals surface area contributed by atoms with Crippen molar-refractivity contribution in [2.24, 2.45) is 0 Å². The first-order valence-electron chi connectivity index (χ1n) is 10.2. The van der Waals surface area contributed by atoms with E-state index in [9.17, 15) is 9.59 Å². The molecule has 0 unspecified atom stereocenters. The van der Waals surface area contributed by atoms with Crippen molar-refractivity contribution in [2.45, 2.75) is 50.6 Å². The number of carbonyl (C=O) groups is 2.